The molecule has 0 N–H and O–H groups in total. The van der Waals surface area contributed by atoms with E-state index in [-0.39, 0.29) is 5.41 Å². The zero-order chi connectivity index (χ0) is 14.6. The Balaban J connectivity index is 2.00. The van der Waals surface area contributed by atoms with Crippen LogP contribution in [0.1, 0.15) is 37.5 Å². The number of ether oxygens (including phenoxy) is 1. The van der Waals surface area contributed by atoms with Crippen molar-refractivity contribution in [1.29, 1.82) is 0 Å². The van der Waals surface area contributed by atoms with Crippen molar-refractivity contribution in [2.75, 3.05) is 0 Å². The highest BCUT2D eigenvalue weighted by Crippen LogP contribution is 2.23. The molecule has 0 fully saturated rings. The van der Waals surface area contributed by atoms with E-state index in [0.29, 0.717) is 12.5 Å². The predicted molar refractivity (Wildman–Crippen MR) is 85.5 cm³/mol. The molecule has 106 valence electrons. The molecule has 0 aliphatic heterocycles. The number of hydrogen-bond donors (Lipinski definition) is 0. The Labute approximate surface area is 126 Å². The molecule has 0 spiro atoms. The summed E-state index contributed by atoms with van der Waals surface area (Å²) in [6, 6.07) is 16.5. The molecule has 0 aliphatic rings. The van der Waals surface area contributed by atoms with Gasteiger partial charge in [0.05, 0.1) is 0 Å². The maximum atomic E-state index is 5.82. The van der Waals surface area contributed by atoms with Gasteiger partial charge in [0.25, 0.3) is 0 Å². The summed E-state index contributed by atoms with van der Waals surface area (Å²) < 4.78 is 5.80. The van der Waals surface area contributed by atoms with Gasteiger partial charge < -0.3 is 4.74 Å². The Morgan fingerprint density at radius 2 is 1.65 bits per heavy atom. The Morgan fingerprint density at radius 1 is 0.950 bits per heavy atom. The number of halogens is 1. The van der Waals surface area contributed by atoms with Crippen LogP contribution in [0.15, 0.2) is 48.5 Å². The van der Waals surface area contributed by atoms with Crippen molar-refractivity contribution in [2.24, 2.45) is 0 Å². The molecule has 20 heavy (non-hydrogen) atoms. The molecular weight excluding hydrogens is 268 g/mol. The highest BCUT2D eigenvalue weighted by molar-refractivity contribution is 6.17. The molecule has 0 aliphatic carbocycles. The SMILES string of the molecule is CC(C)(C)c1ccc(COc2cccc(CCl)c2)cc1. The minimum atomic E-state index is 0.189. The summed E-state index contributed by atoms with van der Waals surface area (Å²) in [5, 5.41) is 0. The summed E-state index contributed by atoms with van der Waals surface area (Å²) in [4.78, 5) is 0. The lowest BCUT2D eigenvalue weighted by molar-refractivity contribution is 0.306. The molecule has 0 aromatic heterocycles. The molecule has 0 atom stereocenters. The molecule has 0 radical (unpaired) electrons. The van der Waals surface area contributed by atoms with E-state index in [1.165, 1.54) is 11.1 Å². The normalized spacial score (nSPS) is 11.4. The lowest BCUT2D eigenvalue weighted by Gasteiger charge is -2.19. The first-order valence-electron chi connectivity index (χ1n) is 6.86. The summed E-state index contributed by atoms with van der Waals surface area (Å²) in [6.07, 6.45) is 0. The minimum Gasteiger partial charge on any atom is -0.489 e. The van der Waals surface area contributed by atoms with Crippen LogP contribution >= 0.6 is 11.6 Å². The molecule has 0 saturated carbocycles. The third-order valence-electron chi connectivity index (χ3n) is 3.28. The van der Waals surface area contributed by atoms with Crippen LogP contribution in [0.5, 0.6) is 5.75 Å². The molecule has 0 heterocycles. The van der Waals surface area contributed by atoms with Crippen LogP contribution in [0, 0.1) is 0 Å². The van der Waals surface area contributed by atoms with Crippen LogP contribution in [-0.4, -0.2) is 0 Å². The summed E-state index contributed by atoms with van der Waals surface area (Å²) in [5.74, 6) is 1.38. The molecule has 0 amide bonds. The van der Waals surface area contributed by atoms with Crippen LogP contribution in [0.3, 0.4) is 0 Å². The van der Waals surface area contributed by atoms with E-state index in [1.807, 2.05) is 24.3 Å². The fraction of sp³-hybridized carbons (Fsp3) is 0.333. The van der Waals surface area contributed by atoms with Gasteiger partial charge in [-0.25, -0.2) is 0 Å². The van der Waals surface area contributed by atoms with Crippen molar-refractivity contribution >= 4 is 11.6 Å². The van der Waals surface area contributed by atoms with Gasteiger partial charge in [-0.1, -0.05) is 57.2 Å². The van der Waals surface area contributed by atoms with Crippen molar-refractivity contribution < 1.29 is 4.74 Å². The number of rotatable bonds is 4. The number of hydrogen-bond acceptors (Lipinski definition) is 1. The standard InChI is InChI=1S/C18H21ClO/c1-18(2,3)16-9-7-14(8-10-16)13-20-17-6-4-5-15(11-17)12-19/h4-11H,12-13H2,1-3H3. The molecule has 2 aromatic carbocycles. The third kappa shape index (κ3) is 4.01. The zero-order valence-electron chi connectivity index (χ0n) is 12.3. The fourth-order valence-corrected chi connectivity index (χ4v) is 2.15. The molecule has 0 bridgehead atoms. The maximum absolute atomic E-state index is 5.82. The summed E-state index contributed by atoms with van der Waals surface area (Å²) in [5.41, 5.74) is 3.78. The minimum absolute atomic E-state index is 0.189. The van der Waals surface area contributed by atoms with Crippen LogP contribution in [0.4, 0.5) is 0 Å². The Kier molecular flexibility index (Phi) is 4.72. The van der Waals surface area contributed by atoms with Crippen molar-refractivity contribution in [3.63, 3.8) is 0 Å². The topological polar surface area (TPSA) is 9.23 Å². The molecule has 2 aromatic rings. The van der Waals surface area contributed by atoms with Crippen LogP contribution in [0.25, 0.3) is 0 Å². The Bertz CT molecular complexity index is 552. The molecular formula is C18H21ClO. The highest BCUT2D eigenvalue weighted by Gasteiger charge is 2.12. The van der Waals surface area contributed by atoms with Gasteiger partial charge in [0.2, 0.25) is 0 Å². The summed E-state index contributed by atoms with van der Waals surface area (Å²) >= 11 is 5.82. The van der Waals surface area contributed by atoms with Gasteiger partial charge in [-0.3, -0.25) is 0 Å². The van der Waals surface area contributed by atoms with Crippen molar-refractivity contribution in [3.8, 4) is 5.75 Å². The van der Waals surface area contributed by atoms with E-state index in [0.717, 1.165) is 11.3 Å². The molecule has 1 nitrogen and oxygen atoms in total. The van der Waals surface area contributed by atoms with E-state index in [9.17, 15) is 0 Å². The van der Waals surface area contributed by atoms with E-state index >= 15 is 0 Å². The molecule has 0 saturated heterocycles. The quantitative estimate of drug-likeness (QED) is 0.694. The first-order valence-corrected chi connectivity index (χ1v) is 7.39. The number of alkyl halides is 1. The van der Waals surface area contributed by atoms with Gasteiger partial charge in [-0.05, 0) is 34.2 Å². The van der Waals surface area contributed by atoms with E-state index in [4.69, 9.17) is 16.3 Å². The second-order valence-electron chi connectivity index (χ2n) is 6.02. The maximum Gasteiger partial charge on any atom is 0.120 e. The van der Waals surface area contributed by atoms with Gasteiger partial charge in [0, 0.05) is 5.88 Å². The smallest absolute Gasteiger partial charge is 0.120 e. The lowest BCUT2D eigenvalue weighted by Crippen LogP contribution is -2.10. The monoisotopic (exact) mass is 288 g/mol. The van der Waals surface area contributed by atoms with Crippen LogP contribution < -0.4 is 4.74 Å². The largest absolute Gasteiger partial charge is 0.489 e. The van der Waals surface area contributed by atoms with Crippen molar-refractivity contribution in [2.45, 2.75) is 38.7 Å². The van der Waals surface area contributed by atoms with Gasteiger partial charge >= 0.3 is 0 Å². The van der Waals surface area contributed by atoms with E-state index < -0.39 is 0 Å². The Morgan fingerprint density at radius 3 is 2.25 bits per heavy atom. The van der Waals surface area contributed by atoms with Gasteiger partial charge in [-0.15, -0.1) is 11.6 Å². The van der Waals surface area contributed by atoms with Gasteiger partial charge in [0.1, 0.15) is 12.4 Å². The first-order chi connectivity index (χ1) is 9.49. The van der Waals surface area contributed by atoms with Crippen LogP contribution in [0.2, 0.25) is 0 Å². The Hall–Kier alpha value is -1.47. The lowest BCUT2D eigenvalue weighted by atomic mass is 9.87. The number of benzene rings is 2. The summed E-state index contributed by atoms with van der Waals surface area (Å²) in [6.45, 7) is 7.23. The fourth-order valence-electron chi connectivity index (χ4n) is 1.99. The summed E-state index contributed by atoms with van der Waals surface area (Å²) in [7, 11) is 0. The third-order valence-corrected chi connectivity index (χ3v) is 3.59. The van der Waals surface area contributed by atoms with E-state index in [2.05, 4.69) is 45.0 Å². The van der Waals surface area contributed by atoms with Gasteiger partial charge in [-0.2, -0.15) is 0 Å². The average molecular weight is 289 g/mol. The second-order valence-corrected chi connectivity index (χ2v) is 6.28. The van der Waals surface area contributed by atoms with Crippen molar-refractivity contribution in [3.05, 3.63) is 65.2 Å². The average Bonchev–Trinajstić information content (AvgIpc) is 2.45. The first kappa shape index (κ1) is 14.9. The van der Waals surface area contributed by atoms with Gasteiger partial charge in [0.15, 0.2) is 0 Å². The van der Waals surface area contributed by atoms with E-state index in [1.54, 1.807) is 0 Å². The predicted octanol–water partition coefficient (Wildman–Crippen LogP) is 5.30. The van der Waals surface area contributed by atoms with Crippen molar-refractivity contribution in [1.82, 2.24) is 0 Å². The zero-order valence-corrected chi connectivity index (χ0v) is 13.1. The molecule has 2 heteroatoms. The second kappa shape index (κ2) is 6.32. The molecule has 0 unspecified atom stereocenters. The highest BCUT2D eigenvalue weighted by atomic mass is 35.5. The molecule has 2 rings (SSSR count). The van der Waals surface area contributed by atoms with Crippen LogP contribution in [-0.2, 0) is 17.9 Å².